The average molecular weight is 411 g/mol. The van der Waals surface area contributed by atoms with Crippen molar-refractivity contribution in [1.82, 2.24) is 10.2 Å². The fourth-order valence-electron chi connectivity index (χ4n) is 3.12. The summed E-state index contributed by atoms with van der Waals surface area (Å²) in [6.45, 7) is 1.82. The van der Waals surface area contributed by atoms with E-state index in [9.17, 15) is 9.59 Å². The predicted molar refractivity (Wildman–Crippen MR) is 115 cm³/mol. The van der Waals surface area contributed by atoms with Gasteiger partial charge in [-0.25, -0.2) is 0 Å². The molecule has 6 heteroatoms. The maximum Gasteiger partial charge on any atom is 0.261 e. The summed E-state index contributed by atoms with van der Waals surface area (Å²) in [4.78, 5) is 26.7. The van der Waals surface area contributed by atoms with E-state index in [2.05, 4.69) is 5.32 Å². The van der Waals surface area contributed by atoms with Gasteiger partial charge in [-0.1, -0.05) is 60.1 Å². The first-order valence-corrected chi connectivity index (χ1v) is 9.73. The molecule has 3 aromatic carbocycles. The number of ether oxygens (including phenoxy) is 1. The number of hydrogen-bond donors (Lipinski definition) is 1. The topological polar surface area (TPSA) is 58.6 Å². The fourth-order valence-corrected chi connectivity index (χ4v) is 3.25. The van der Waals surface area contributed by atoms with Crippen molar-refractivity contribution < 1.29 is 14.3 Å². The number of halogens is 1. The number of likely N-dealkylation sites (N-methyl/N-ethyl adjacent to an activating group) is 1. The zero-order chi connectivity index (χ0) is 20.8. The van der Waals surface area contributed by atoms with E-state index in [1.165, 1.54) is 4.90 Å². The lowest BCUT2D eigenvalue weighted by atomic mass is 10.1. The van der Waals surface area contributed by atoms with Crippen LogP contribution in [0.4, 0.5) is 0 Å². The zero-order valence-corrected chi connectivity index (χ0v) is 17.1. The van der Waals surface area contributed by atoms with Gasteiger partial charge >= 0.3 is 0 Å². The Morgan fingerprint density at radius 1 is 1.03 bits per heavy atom. The number of fused-ring (bicyclic) bond motifs is 1. The zero-order valence-electron chi connectivity index (χ0n) is 16.4. The van der Waals surface area contributed by atoms with E-state index in [0.29, 0.717) is 10.8 Å². The molecule has 0 aromatic heterocycles. The van der Waals surface area contributed by atoms with E-state index in [4.69, 9.17) is 16.3 Å². The molecular formula is C23H23ClN2O3. The summed E-state index contributed by atoms with van der Waals surface area (Å²) in [5.74, 6) is 0.122. The molecule has 0 radical (unpaired) electrons. The third-order valence-electron chi connectivity index (χ3n) is 4.78. The Morgan fingerprint density at radius 3 is 2.45 bits per heavy atom. The Kier molecular flexibility index (Phi) is 6.73. The Hall–Kier alpha value is -3.05. The van der Waals surface area contributed by atoms with Crippen molar-refractivity contribution in [2.45, 2.75) is 19.5 Å². The quantitative estimate of drug-likeness (QED) is 0.639. The highest BCUT2D eigenvalue weighted by Gasteiger charge is 2.26. The van der Waals surface area contributed by atoms with Crippen LogP contribution < -0.4 is 10.1 Å². The van der Waals surface area contributed by atoms with Crippen LogP contribution in [0.5, 0.6) is 5.75 Å². The average Bonchev–Trinajstić information content (AvgIpc) is 2.76. The first-order chi connectivity index (χ1) is 14.0. The van der Waals surface area contributed by atoms with Crippen LogP contribution in [0.3, 0.4) is 0 Å². The van der Waals surface area contributed by atoms with Crippen LogP contribution in [0.2, 0.25) is 5.02 Å². The molecule has 0 heterocycles. The molecule has 29 heavy (non-hydrogen) atoms. The summed E-state index contributed by atoms with van der Waals surface area (Å²) >= 11 is 5.95. The SMILES string of the molecule is CNC(=O)[C@@H](C)N(Cc1ccc(Cl)cc1)C(=O)COc1cccc2ccccc12. The number of rotatable bonds is 7. The second kappa shape index (κ2) is 9.43. The maximum absolute atomic E-state index is 13.0. The molecule has 3 rings (SSSR count). The molecule has 0 saturated carbocycles. The van der Waals surface area contributed by atoms with Crippen molar-refractivity contribution in [2.24, 2.45) is 0 Å². The van der Waals surface area contributed by atoms with Crippen LogP contribution in [0.15, 0.2) is 66.7 Å². The van der Waals surface area contributed by atoms with Gasteiger partial charge in [0.2, 0.25) is 5.91 Å². The number of nitrogens with one attached hydrogen (secondary N) is 1. The first kappa shape index (κ1) is 20.7. The van der Waals surface area contributed by atoms with Crippen molar-refractivity contribution in [2.75, 3.05) is 13.7 Å². The molecule has 3 aromatic rings. The van der Waals surface area contributed by atoms with Crippen LogP contribution in [0.1, 0.15) is 12.5 Å². The molecule has 0 spiro atoms. The van der Waals surface area contributed by atoms with Crippen molar-refractivity contribution >= 4 is 34.2 Å². The molecule has 0 aliphatic carbocycles. The van der Waals surface area contributed by atoms with E-state index in [1.807, 2.05) is 54.6 Å². The highest BCUT2D eigenvalue weighted by Crippen LogP contribution is 2.25. The minimum absolute atomic E-state index is 0.164. The van der Waals surface area contributed by atoms with Crippen LogP contribution in [0.25, 0.3) is 10.8 Å². The predicted octanol–water partition coefficient (Wildman–Crippen LogP) is 4.04. The van der Waals surface area contributed by atoms with Gasteiger partial charge in [0.25, 0.3) is 5.91 Å². The smallest absolute Gasteiger partial charge is 0.261 e. The second-order valence-corrected chi connectivity index (χ2v) is 7.14. The summed E-state index contributed by atoms with van der Waals surface area (Å²) in [6, 6.07) is 20.1. The lowest BCUT2D eigenvalue weighted by Crippen LogP contribution is -2.48. The molecule has 2 amide bonds. The van der Waals surface area contributed by atoms with Crippen LogP contribution in [-0.2, 0) is 16.1 Å². The number of amides is 2. The van der Waals surface area contributed by atoms with Gasteiger partial charge in [0, 0.05) is 24.0 Å². The lowest BCUT2D eigenvalue weighted by molar-refractivity contribution is -0.142. The summed E-state index contributed by atoms with van der Waals surface area (Å²) in [5.41, 5.74) is 0.878. The van der Waals surface area contributed by atoms with E-state index in [1.54, 1.807) is 26.1 Å². The van der Waals surface area contributed by atoms with Crippen LogP contribution >= 0.6 is 11.6 Å². The molecule has 1 atom stereocenters. The summed E-state index contributed by atoms with van der Waals surface area (Å²) in [5, 5.41) is 5.19. The molecular weight excluding hydrogens is 388 g/mol. The van der Waals surface area contributed by atoms with Gasteiger partial charge in [-0.2, -0.15) is 0 Å². The number of nitrogens with zero attached hydrogens (tertiary/aromatic N) is 1. The molecule has 0 saturated heterocycles. The second-order valence-electron chi connectivity index (χ2n) is 6.70. The Morgan fingerprint density at radius 2 is 1.72 bits per heavy atom. The Bertz CT molecular complexity index is 999. The van der Waals surface area contributed by atoms with Gasteiger partial charge in [-0.3, -0.25) is 9.59 Å². The van der Waals surface area contributed by atoms with E-state index < -0.39 is 6.04 Å². The van der Waals surface area contributed by atoms with Gasteiger partial charge in [-0.05, 0) is 36.1 Å². The standard InChI is InChI=1S/C23H23ClN2O3/c1-16(23(28)25-2)26(14-17-10-12-19(24)13-11-17)22(27)15-29-21-9-5-7-18-6-3-4-8-20(18)21/h3-13,16H,14-15H2,1-2H3,(H,25,28)/t16-/m1/s1. The molecule has 0 fully saturated rings. The highest BCUT2D eigenvalue weighted by atomic mass is 35.5. The third kappa shape index (κ3) is 5.06. The van der Waals surface area contributed by atoms with Gasteiger partial charge in [0.1, 0.15) is 11.8 Å². The largest absolute Gasteiger partial charge is 0.483 e. The number of benzene rings is 3. The molecule has 0 unspecified atom stereocenters. The highest BCUT2D eigenvalue weighted by molar-refractivity contribution is 6.30. The molecule has 0 aliphatic heterocycles. The molecule has 150 valence electrons. The maximum atomic E-state index is 13.0. The Balaban J connectivity index is 1.78. The van der Waals surface area contributed by atoms with Crippen LogP contribution in [0, 0.1) is 0 Å². The number of carbonyl (C=O) groups is 2. The molecule has 5 nitrogen and oxygen atoms in total. The molecule has 0 bridgehead atoms. The summed E-state index contributed by atoms with van der Waals surface area (Å²) in [6.07, 6.45) is 0. The van der Waals surface area contributed by atoms with Crippen molar-refractivity contribution in [3.63, 3.8) is 0 Å². The normalized spacial score (nSPS) is 11.7. The summed E-state index contributed by atoms with van der Waals surface area (Å²) in [7, 11) is 1.55. The fraction of sp³-hybridized carbons (Fsp3) is 0.217. The van der Waals surface area contributed by atoms with E-state index in [-0.39, 0.29) is 25.0 Å². The van der Waals surface area contributed by atoms with E-state index >= 15 is 0 Å². The minimum atomic E-state index is -0.640. The molecule has 0 aliphatic rings. The first-order valence-electron chi connectivity index (χ1n) is 9.35. The van der Waals surface area contributed by atoms with Gasteiger partial charge < -0.3 is 15.0 Å². The van der Waals surface area contributed by atoms with Gasteiger partial charge in [0.15, 0.2) is 6.61 Å². The van der Waals surface area contributed by atoms with Gasteiger partial charge in [-0.15, -0.1) is 0 Å². The van der Waals surface area contributed by atoms with Crippen molar-refractivity contribution in [1.29, 1.82) is 0 Å². The molecule has 1 N–H and O–H groups in total. The van der Waals surface area contributed by atoms with Crippen molar-refractivity contribution in [3.05, 3.63) is 77.3 Å². The minimum Gasteiger partial charge on any atom is -0.483 e. The Labute approximate surface area is 175 Å². The van der Waals surface area contributed by atoms with Crippen LogP contribution in [-0.4, -0.2) is 36.4 Å². The van der Waals surface area contributed by atoms with Crippen molar-refractivity contribution in [3.8, 4) is 5.75 Å². The van der Waals surface area contributed by atoms with Gasteiger partial charge in [0.05, 0.1) is 0 Å². The summed E-state index contributed by atoms with van der Waals surface area (Å²) < 4.78 is 5.84. The third-order valence-corrected chi connectivity index (χ3v) is 5.03. The van der Waals surface area contributed by atoms with E-state index in [0.717, 1.165) is 16.3 Å². The number of hydrogen-bond acceptors (Lipinski definition) is 3. The number of carbonyl (C=O) groups excluding carboxylic acids is 2. The lowest BCUT2D eigenvalue weighted by Gasteiger charge is -2.28. The monoisotopic (exact) mass is 410 g/mol.